The van der Waals surface area contributed by atoms with Crippen molar-refractivity contribution < 1.29 is 14.2 Å². The highest BCUT2D eigenvalue weighted by atomic mass is 16.6. The van der Waals surface area contributed by atoms with E-state index >= 15 is 0 Å². The number of carbonyl (C=O) groups excluding carboxylic acids is 1. The van der Waals surface area contributed by atoms with E-state index in [0.717, 1.165) is 17.5 Å². The maximum absolute atomic E-state index is 13.1. The Morgan fingerprint density at radius 3 is 2.83 bits per heavy atom. The van der Waals surface area contributed by atoms with Crippen molar-refractivity contribution in [3.05, 3.63) is 75.2 Å². The molecule has 1 amide bonds. The summed E-state index contributed by atoms with van der Waals surface area (Å²) in [5.74, 6) is 0.592. The molecule has 29 heavy (non-hydrogen) atoms. The van der Waals surface area contributed by atoms with E-state index in [1.807, 2.05) is 31.2 Å². The molecule has 1 atom stereocenters. The van der Waals surface area contributed by atoms with E-state index in [-0.39, 0.29) is 23.2 Å². The lowest BCUT2D eigenvalue weighted by Gasteiger charge is -2.22. The van der Waals surface area contributed by atoms with E-state index in [9.17, 15) is 14.9 Å². The molecule has 0 N–H and O–H groups in total. The number of aromatic nitrogens is 2. The zero-order valence-corrected chi connectivity index (χ0v) is 16.2. The first-order valence-electron chi connectivity index (χ1n) is 9.40. The Bertz CT molecular complexity index is 1090. The van der Waals surface area contributed by atoms with Gasteiger partial charge in [0, 0.05) is 29.3 Å². The highest BCUT2D eigenvalue weighted by molar-refractivity contribution is 5.95. The van der Waals surface area contributed by atoms with E-state index in [2.05, 4.69) is 10.1 Å². The molecule has 2 heterocycles. The zero-order chi connectivity index (χ0) is 20.5. The van der Waals surface area contributed by atoms with Gasteiger partial charge in [-0.2, -0.15) is 4.98 Å². The average Bonchev–Trinajstić information content (AvgIpc) is 3.37. The van der Waals surface area contributed by atoms with E-state index in [4.69, 9.17) is 4.52 Å². The largest absolute Gasteiger partial charge is 0.337 e. The summed E-state index contributed by atoms with van der Waals surface area (Å²) in [6.07, 6.45) is 1.50. The average molecular weight is 392 g/mol. The summed E-state index contributed by atoms with van der Waals surface area (Å²) in [4.78, 5) is 30.0. The number of nitro benzene ring substituents is 1. The summed E-state index contributed by atoms with van der Waals surface area (Å²) in [5.41, 5.74) is 2.68. The number of hydrogen-bond acceptors (Lipinski definition) is 6. The summed E-state index contributed by atoms with van der Waals surface area (Å²) < 4.78 is 5.48. The normalized spacial score (nSPS) is 16.2. The Labute approximate surface area is 167 Å². The summed E-state index contributed by atoms with van der Waals surface area (Å²) in [6.45, 7) is 4.17. The van der Waals surface area contributed by atoms with Crippen molar-refractivity contribution in [3.63, 3.8) is 0 Å². The number of hydrogen-bond donors (Lipinski definition) is 0. The van der Waals surface area contributed by atoms with Gasteiger partial charge in [0.2, 0.25) is 11.7 Å². The Kier molecular flexibility index (Phi) is 4.84. The van der Waals surface area contributed by atoms with Gasteiger partial charge in [0.25, 0.3) is 11.6 Å². The first-order valence-corrected chi connectivity index (χ1v) is 9.40. The number of likely N-dealkylation sites (tertiary alicyclic amines) is 1. The Hall–Kier alpha value is -3.55. The standard InChI is InChI=1S/C21H20N4O4/c1-13-5-3-6-15(11-13)19-22-20(29-23-19)17-7-4-10-24(17)21(26)16-9-8-14(2)18(12-16)25(27)28/h3,5-6,8-9,11-12,17H,4,7,10H2,1-2H3. The van der Waals surface area contributed by atoms with Gasteiger partial charge in [-0.1, -0.05) is 35.0 Å². The molecule has 0 saturated carbocycles. The molecular formula is C21H20N4O4. The molecular weight excluding hydrogens is 372 g/mol. The molecule has 1 saturated heterocycles. The van der Waals surface area contributed by atoms with Crippen LogP contribution in [0.2, 0.25) is 0 Å². The second-order valence-corrected chi connectivity index (χ2v) is 7.24. The van der Waals surface area contributed by atoms with Gasteiger partial charge in [-0.25, -0.2) is 0 Å². The third kappa shape index (κ3) is 3.61. The summed E-state index contributed by atoms with van der Waals surface area (Å²) in [5, 5.41) is 15.3. The monoisotopic (exact) mass is 392 g/mol. The minimum atomic E-state index is -0.473. The van der Waals surface area contributed by atoms with Gasteiger partial charge in [0.1, 0.15) is 6.04 Å². The summed E-state index contributed by atoms with van der Waals surface area (Å²) in [6, 6.07) is 12.0. The molecule has 1 aliphatic heterocycles. The summed E-state index contributed by atoms with van der Waals surface area (Å²) >= 11 is 0. The van der Waals surface area contributed by atoms with Gasteiger partial charge < -0.3 is 9.42 Å². The lowest BCUT2D eigenvalue weighted by molar-refractivity contribution is -0.385. The van der Waals surface area contributed by atoms with Crippen LogP contribution >= 0.6 is 0 Å². The SMILES string of the molecule is Cc1cccc(-c2noc(C3CCCN3C(=O)c3ccc(C)c([N+](=O)[O-])c3)n2)c1. The number of benzene rings is 2. The zero-order valence-electron chi connectivity index (χ0n) is 16.2. The van der Waals surface area contributed by atoms with Gasteiger partial charge in [-0.05, 0) is 38.8 Å². The number of aryl methyl sites for hydroxylation is 2. The highest BCUT2D eigenvalue weighted by Crippen LogP contribution is 2.34. The number of rotatable bonds is 4. The molecule has 8 heteroatoms. The minimum absolute atomic E-state index is 0.0638. The van der Waals surface area contributed by atoms with Crippen molar-refractivity contribution >= 4 is 11.6 Å². The maximum atomic E-state index is 13.1. The van der Waals surface area contributed by atoms with Crippen LogP contribution in [0.5, 0.6) is 0 Å². The minimum Gasteiger partial charge on any atom is -0.337 e. The number of carbonyl (C=O) groups is 1. The Morgan fingerprint density at radius 1 is 1.24 bits per heavy atom. The van der Waals surface area contributed by atoms with Crippen molar-refractivity contribution in [2.24, 2.45) is 0 Å². The first kappa shape index (κ1) is 18.8. The molecule has 0 radical (unpaired) electrons. The van der Waals surface area contributed by atoms with Gasteiger partial charge in [-0.3, -0.25) is 14.9 Å². The number of amides is 1. The van der Waals surface area contributed by atoms with Crippen molar-refractivity contribution in [3.8, 4) is 11.4 Å². The van der Waals surface area contributed by atoms with Crippen LogP contribution in [0.15, 0.2) is 47.0 Å². The smallest absolute Gasteiger partial charge is 0.273 e. The van der Waals surface area contributed by atoms with Crippen molar-refractivity contribution in [1.29, 1.82) is 0 Å². The van der Waals surface area contributed by atoms with Crippen molar-refractivity contribution in [2.75, 3.05) is 6.54 Å². The van der Waals surface area contributed by atoms with Crippen molar-refractivity contribution in [2.45, 2.75) is 32.7 Å². The maximum Gasteiger partial charge on any atom is 0.273 e. The molecule has 2 aromatic carbocycles. The molecule has 1 aromatic heterocycles. The predicted molar refractivity (Wildman–Crippen MR) is 105 cm³/mol. The molecule has 0 bridgehead atoms. The van der Waals surface area contributed by atoms with Crippen LogP contribution in [0.1, 0.15) is 46.3 Å². The van der Waals surface area contributed by atoms with Gasteiger partial charge in [0.05, 0.1) is 4.92 Å². The third-order valence-electron chi connectivity index (χ3n) is 5.17. The van der Waals surface area contributed by atoms with Crippen LogP contribution in [0, 0.1) is 24.0 Å². The van der Waals surface area contributed by atoms with E-state index < -0.39 is 4.92 Å². The molecule has 3 aromatic rings. The summed E-state index contributed by atoms with van der Waals surface area (Å²) in [7, 11) is 0. The molecule has 148 valence electrons. The number of nitrogens with zero attached hydrogens (tertiary/aromatic N) is 4. The molecule has 0 aliphatic carbocycles. The van der Waals surface area contributed by atoms with E-state index in [1.165, 1.54) is 6.07 Å². The second-order valence-electron chi connectivity index (χ2n) is 7.24. The van der Waals surface area contributed by atoms with E-state index in [0.29, 0.717) is 30.2 Å². The molecule has 0 spiro atoms. The van der Waals surface area contributed by atoms with Crippen LogP contribution in [-0.4, -0.2) is 32.4 Å². The van der Waals surface area contributed by atoms with Crippen LogP contribution in [0.3, 0.4) is 0 Å². The lowest BCUT2D eigenvalue weighted by Crippen LogP contribution is -2.30. The van der Waals surface area contributed by atoms with Crippen LogP contribution in [0.25, 0.3) is 11.4 Å². The Morgan fingerprint density at radius 2 is 2.07 bits per heavy atom. The van der Waals surface area contributed by atoms with Gasteiger partial charge in [-0.15, -0.1) is 0 Å². The molecule has 1 unspecified atom stereocenters. The fourth-order valence-electron chi connectivity index (χ4n) is 3.64. The molecule has 4 rings (SSSR count). The molecule has 8 nitrogen and oxygen atoms in total. The van der Waals surface area contributed by atoms with E-state index in [1.54, 1.807) is 24.0 Å². The Balaban J connectivity index is 1.61. The van der Waals surface area contributed by atoms with Gasteiger partial charge in [0.15, 0.2) is 0 Å². The third-order valence-corrected chi connectivity index (χ3v) is 5.17. The van der Waals surface area contributed by atoms with Crippen LogP contribution in [0.4, 0.5) is 5.69 Å². The predicted octanol–water partition coefficient (Wildman–Crippen LogP) is 4.24. The van der Waals surface area contributed by atoms with Crippen LogP contribution in [-0.2, 0) is 0 Å². The highest BCUT2D eigenvalue weighted by Gasteiger charge is 2.35. The number of nitro groups is 1. The van der Waals surface area contributed by atoms with Crippen LogP contribution < -0.4 is 0 Å². The topological polar surface area (TPSA) is 102 Å². The first-order chi connectivity index (χ1) is 13.9. The van der Waals surface area contributed by atoms with Gasteiger partial charge >= 0.3 is 0 Å². The lowest BCUT2D eigenvalue weighted by atomic mass is 10.1. The van der Waals surface area contributed by atoms with Crippen molar-refractivity contribution in [1.82, 2.24) is 15.0 Å². The fourth-order valence-corrected chi connectivity index (χ4v) is 3.64. The fraction of sp³-hybridized carbons (Fsp3) is 0.286. The molecule has 1 aliphatic rings. The second kappa shape index (κ2) is 7.46. The quantitative estimate of drug-likeness (QED) is 0.486. The molecule has 1 fully saturated rings.